The second kappa shape index (κ2) is 17.3. The number of nitrogens with zero attached hydrogens (tertiary/aromatic N) is 2. The molecule has 1 heterocycles. The van der Waals surface area contributed by atoms with Gasteiger partial charge < -0.3 is 19.7 Å². The van der Waals surface area contributed by atoms with Gasteiger partial charge >= 0.3 is 0 Å². The quantitative estimate of drug-likeness (QED) is 0.164. The molecule has 0 bridgehead atoms. The minimum atomic E-state index is -3.55. The van der Waals surface area contributed by atoms with Gasteiger partial charge in [0.25, 0.3) is 0 Å². The summed E-state index contributed by atoms with van der Waals surface area (Å²) in [5, 5.41) is 3.04. The fraction of sp³-hybridized carbons (Fsp3) is 0.333. The SMILES string of the molecule is COc1ccc(CCNC(=O)C(Cc2ccccc2)N(Cc2ccc(F)cc2)C(=O)CCc2ccc(S(=O)(=O)N3CCCC3)cc2)cc1OC. The van der Waals surface area contributed by atoms with Crippen LogP contribution in [0.15, 0.2) is 102 Å². The number of carbonyl (C=O) groups is 2. The largest absolute Gasteiger partial charge is 0.493 e. The van der Waals surface area contributed by atoms with Gasteiger partial charge in [0.05, 0.1) is 19.1 Å². The van der Waals surface area contributed by atoms with Crippen LogP contribution >= 0.6 is 0 Å². The Kier molecular flexibility index (Phi) is 12.6. The van der Waals surface area contributed by atoms with Gasteiger partial charge in [-0.1, -0.05) is 60.7 Å². The van der Waals surface area contributed by atoms with Crippen molar-refractivity contribution in [3.05, 3.63) is 125 Å². The summed E-state index contributed by atoms with van der Waals surface area (Å²) in [7, 11) is -0.405. The smallest absolute Gasteiger partial charge is 0.243 e. The number of benzene rings is 4. The average molecular weight is 702 g/mol. The van der Waals surface area contributed by atoms with Gasteiger partial charge in [-0.3, -0.25) is 9.59 Å². The van der Waals surface area contributed by atoms with Crippen LogP contribution in [-0.4, -0.2) is 69.3 Å². The van der Waals surface area contributed by atoms with E-state index in [-0.39, 0.29) is 36.1 Å². The predicted octanol–water partition coefficient (Wildman–Crippen LogP) is 5.56. The first-order valence-corrected chi connectivity index (χ1v) is 18.3. The van der Waals surface area contributed by atoms with Crippen LogP contribution in [0, 0.1) is 5.82 Å². The molecule has 0 saturated carbocycles. The molecule has 9 nitrogen and oxygen atoms in total. The van der Waals surface area contributed by atoms with Gasteiger partial charge in [0, 0.05) is 39.0 Å². The average Bonchev–Trinajstić information content (AvgIpc) is 3.70. The zero-order valence-electron chi connectivity index (χ0n) is 28.5. The summed E-state index contributed by atoms with van der Waals surface area (Å²) in [6.45, 7) is 1.48. The summed E-state index contributed by atoms with van der Waals surface area (Å²) in [4.78, 5) is 29.9. The normalized spacial score (nSPS) is 13.8. The lowest BCUT2D eigenvalue weighted by molar-refractivity contribution is -0.141. The van der Waals surface area contributed by atoms with E-state index in [4.69, 9.17) is 9.47 Å². The molecule has 4 aromatic carbocycles. The molecular weight excluding hydrogens is 658 g/mol. The summed E-state index contributed by atoms with van der Waals surface area (Å²) < 4.78 is 52.1. The summed E-state index contributed by atoms with van der Waals surface area (Å²) in [5.74, 6) is 0.259. The highest BCUT2D eigenvalue weighted by Crippen LogP contribution is 2.28. The van der Waals surface area contributed by atoms with Crippen molar-refractivity contribution in [1.29, 1.82) is 0 Å². The van der Waals surface area contributed by atoms with E-state index < -0.39 is 21.9 Å². The molecule has 11 heteroatoms. The Morgan fingerprint density at radius 2 is 1.44 bits per heavy atom. The highest BCUT2D eigenvalue weighted by Gasteiger charge is 2.31. The topological polar surface area (TPSA) is 105 Å². The number of hydrogen-bond acceptors (Lipinski definition) is 6. The van der Waals surface area contributed by atoms with E-state index in [9.17, 15) is 22.4 Å². The van der Waals surface area contributed by atoms with Crippen LogP contribution in [0.1, 0.15) is 41.5 Å². The number of hydrogen-bond donors (Lipinski definition) is 1. The number of methoxy groups -OCH3 is 2. The number of halogens is 1. The van der Waals surface area contributed by atoms with E-state index in [1.807, 2.05) is 48.5 Å². The Labute approximate surface area is 294 Å². The third kappa shape index (κ3) is 9.48. The van der Waals surface area contributed by atoms with Crippen LogP contribution in [0.25, 0.3) is 0 Å². The Bertz CT molecular complexity index is 1830. The number of rotatable bonds is 16. The number of amides is 2. The first-order valence-electron chi connectivity index (χ1n) is 16.8. The Hall–Kier alpha value is -4.74. The fourth-order valence-electron chi connectivity index (χ4n) is 6.12. The van der Waals surface area contributed by atoms with Gasteiger partial charge in [0.15, 0.2) is 11.5 Å². The molecule has 0 aromatic heterocycles. The molecule has 1 fully saturated rings. The maximum absolute atomic E-state index is 14.1. The molecule has 0 spiro atoms. The summed E-state index contributed by atoms with van der Waals surface area (Å²) in [6, 6.07) is 26.8. The lowest BCUT2D eigenvalue weighted by atomic mass is 10.0. The van der Waals surface area contributed by atoms with Crippen LogP contribution in [0.2, 0.25) is 0 Å². The molecule has 50 heavy (non-hydrogen) atoms. The monoisotopic (exact) mass is 701 g/mol. The first kappa shape index (κ1) is 36.5. The molecule has 1 N–H and O–H groups in total. The maximum Gasteiger partial charge on any atom is 0.243 e. The highest BCUT2D eigenvalue weighted by atomic mass is 32.2. The van der Waals surface area contributed by atoms with Crippen molar-refractivity contribution < 1.29 is 31.9 Å². The lowest BCUT2D eigenvalue weighted by Gasteiger charge is -2.32. The van der Waals surface area contributed by atoms with Gasteiger partial charge in [-0.25, -0.2) is 12.8 Å². The third-order valence-corrected chi connectivity index (χ3v) is 10.9. The molecule has 264 valence electrons. The maximum atomic E-state index is 14.1. The molecule has 1 atom stereocenters. The Morgan fingerprint density at radius 3 is 2.10 bits per heavy atom. The van der Waals surface area contributed by atoms with Crippen molar-refractivity contribution >= 4 is 21.8 Å². The van der Waals surface area contributed by atoms with Crippen molar-refractivity contribution in [2.75, 3.05) is 33.9 Å². The molecule has 0 radical (unpaired) electrons. The molecule has 1 aliphatic heterocycles. The van der Waals surface area contributed by atoms with Gasteiger partial charge in [0.1, 0.15) is 11.9 Å². The number of carbonyl (C=O) groups excluding carboxylic acids is 2. The second-order valence-electron chi connectivity index (χ2n) is 12.3. The molecule has 2 amide bonds. The van der Waals surface area contributed by atoms with E-state index in [0.717, 1.165) is 29.5 Å². The second-order valence-corrected chi connectivity index (χ2v) is 14.3. The highest BCUT2D eigenvalue weighted by molar-refractivity contribution is 7.89. The summed E-state index contributed by atoms with van der Waals surface area (Å²) in [6.07, 6.45) is 2.95. The van der Waals surface area contributed by atoms with Crippen LogP contribution in [0.3, 0.4) is 0 Å². The van der Waals surface area contributed by atoms with Crippen molar-refractivity contribution in [2.45, 2.75) is 56.0 Å². The zero-order chi connectivity index (χ0) is 35.5. The van der Waals surface area contributed by atoms with E-state index in [2.05, 4.69) is 5.32 Å². The number of sulfonamides is 1. The van der Waals surface area contributed by atoms with Crippen LogP contribution in [0.4, 0.5) is 4.39 Å². The van der Waals surface area contributed by atoms with E-state index in [1.54, 1.807) is 55.5 Å². The fourth-order valence-corrected chi connectivity index (χ4v) is 7.64. The van der Waals surface area contributed by atoms with Crippen molar-refractivity contribution in [2.24, 2.45) is 0 Å². The Balaban J connectivity index is 1.34. The summed E-state index contributed by atoms with van der Waals surface area (Å²) in [5.41, 5.74) is 3.33. The van der Waals surface area contributed by atoms with Crippen molar-refractivity contribution in [1.82, 2.24) is 14.5 Å². The molecule has 4 aromatic rings. The molecule has 5 rings (SSSR count). The van der Waals surface area contributed by atoms with Crippen molar-refractivity contribution in [3.8, 4) is 11.5 Å². The molecule has 1 saturated heterocycles. The zero-order valence-corrected chi connectivity index (χ0v) is 29.3. The van der Waals surface area contributed by atoms with Crippen molar-refractivity contribution in [3.63, 3.8) is 0 Å². The predicted molar refractivity (Wildman–Crippen MR) is 190 cm³/mol. The van der Waals surface area contributed by atoms with E-state index in [0.29, 0.717) is 49.5 Å². The van der Waals surface area contributed by atoms with Crippen LogP contribution in [-0.2, 0) is 45.4 Å². The minimum absolute atomic E-state index is 0.0869. The van der Waals surface area contributed by atoms with Gasteiger partial charge in [0.2, 0.25) is 21.8 Å². The summed E-state index contributed by atoms with van der Waals surface area (Å²) >= 11 is 0. The van der Waals surface area contributed by atoms with Gasteiger partial charge in [-0.05, 0) is 84.3 Å². The molecule has 1 unspecified atom stereocenters. The minimum Gasteiger partial charge on any atom is -0.493 e. The first-order chi connectivity index (χ1) is 24.2. The van der Waals surface area contributed by atoms with Crippen LogP contribution in [0.5, 0.6) is 11.5 Å². The Morgan fingerprint density at radius 1 is 0.800 bits per heavy atom. The van der Waals surface area contributed by atoms with E-state index >= 15 is 0 Å². The number of ether oxygens (including phenoxy) is 2. The van der Waals surface area contributed by atoms with Gasteiger partial charge in [-0.15, -0.1) is 0 Å². The molecule has 1 aliphatic rings. The third-order valence-electron chi connectivity index (χ3n) is 8.95. The van der Waals surface area contributed by atoms with Crippen LogP contribution < -0.4 is 14.8 Å². The molecule has 0 aliphatic carbocycles. The van der Waals surface area contributed by atoms with E-state index in [1.165, 1.54) is 16.4 Å². The standard InChI is InChI=1S/C39H44FN3O6S/c1-48-36-20-14-31(27-37(36)49-2)22-23-41-39(45)35(26-30-8-4-3-5-9-30)43(28-32-10-16-33(40)17-11-32)38(44)21-15-29-12-18-34(19-13-29)50(46,47)42-24-6-7-25-42/h3-5,8-14,16-20,27,35H,6-7,15,21-26,28H2,1-2H3,(H,41,45). The number of nitrogens with one attached hydrogen (secondary N) is 1. The number of aryl methyl sites for hydroxylation is 1. The molecular formula is C39H44FN3O6S. The van der Waals surface area contributed by atoms with Gasteiger partial charge in [-0.2, -0.15) is 4.31 Å². The lowest BCUT2D eigenvalue weighted by Crippen LogP contribution is -2.50.